The molecule has 0 bridgehead atoms. The van der Waals surface area contributed by atoms with E-state index in [1.807, 2.05) is 27.7 Å². The Morgan fingerprint density at radius 3 is 2.44 bits per heavy atom. The minimum absolute atomic E-state index is 0.0637. The molecule has 8 heteroatoms. The van der Waals surface area contributed by atoms with Crippen LogP contribution in [0.15, 0.2) is 86.6 Å². The number of Topliss-reactive ketones (excluding diaryl/α,β-unsaturated/α-hetero) is 1. The van der Waals surface area contributed by atoms with Crippen molar-refractivity contribution in [3.63, 3.8) is 0 Å². The number of nitrogens with zero attached hydrogens (tertiary/aromatic N) is 2. The van der Waals surface area contributed by atoms with E-state index in [0.717, 1.165) is 27.1 Å². The van der Waals surface area contributed by atoms with Crippen LogP contribution in [-0.2, 0) is 10.5 Å². The van der Waals surface area contributed by atoms with Gasteiger partial charge in [0.2, 0.25) is 0 Å². The molecule has 41 heavy (non-hydrogen) atoms. The van der Waals surface area contributed by atoms with E-state index in [-0.39, 0.29) is 34.1 Å². The van der Waals surface area contributed by atoms with Gasteiger partial charge in [-0.2, -0.15) is 5.26 Å². The number of benzene rings is 3. The summed E-state index contributed by atoms with van der Waals surface area (Å²) < 4.78 is 29.3. The van der Waals surface area contributed by atoms with Crippen molar-refractivity contribution >= 4 is 39.2 Å². The third kappa shape index (κ3) is 5.58. The van der Waals surface area contributed by atoms with E-state index >= 15 is 4.39 Å². The minimum atomic E-state index is -0.663. The number of halogens is 3. The summed E-state index contributed by atoms with van der Waals surface area (Å²) >= 11 is 4.90. The van der Waals surface area contributed by atoms with Gasteiger partial charge in [0.05, 0.1) is 23.2 Å². The normalized spacial score (nSPS) is 18.4. The average Bonchev–Trinajstić information content (AvgIpc) is 2.89. The van der Waals surface area contributed by atoms with Gasteiger partial charge < -0.3 is 5.73 Å². The molecule has 0 saturated heterocycles. The Kier molecular flexibility index (Phi) is 7.88. The standard InChI is InChI=1S/C33H30BrF2N3OS/c1-18-11-19(2)24(12-20(18)17-41-23-8-6-22(35)7-9-23)30-25(16-37)32(38)39(27-10-5-21(34)13-26(27)36)28-14-33(3,4)15-29(40)31(28)30/h5-13,30H,14-15,17,38H2,1-4H3. The Morgan fingerprint density at radius 1 is 1.07 bits per heavy atom. The molecule has 2 N–H and O–H groups in total. The summed E-state index contributed by atoms with van der Waals surface area (Å²) in [6, 6.07) is 17.5. The predicted molar refractivity (Wildman–Crippen MR) is 163 cm³/mol. The highest BCUT2D eigenvalue weighted by molar-refractivity contribution is 9.10. The number of allylic oxidation sites excluding steroid dienone is 3. The number of nitriles is 1. The van der Waals surface area contributed by atoms with Crippen LogP contribution >= 0.6 is 27.7 Å². The molecule has 4 nitrogen and oxygen atoms in total. The highest BCUT2D eigenvalue weighted by Crippen LogP contribution is 2.51. The van der Waals surface area contributed by atoms with Crippen LogP contribution in [0.2, 0.25) is 0 Å². The monoisotopic (exact) mass is 633 g/mol. The molecule has 0 aromatic heterocycles. The first-order chi connectivity index (χ1) is 19.4. The molecular weight excluding hydrogens is 604 g/mol. The number of anilines is 1. The maximum atomic E-state index is 15.4. The molecule has 1 aliphatic heterocycles. The highest BCUT2D eigenvalue weighted by atomic mass is 79.9. The number of carbonyl (C=O) groups is 1. The second-order valence-electron chi connectivity index (χ2n) is 11.5. The first-order valence-electron chi connectivity index (χ1n) is 13.3. The van der Waals surface area contributed by atoms with Gasteiger partial charge in [-0.05, 0) is 90.4 Å². The summed E-state index contributed by atoms with van der Waals surface area (Å²) in [7, 11) is 0. The predicted octanol–water partition coefficient (Wildman–Crippen LogP) is 8.58. The van der Waals surface area contributed by atoms with Crippen LogP contribution in [0.5, 0.6) is 0 Å². The zero-order valence-electron chi connectivity index (χ0n) is 23.3. The number of rotatable bonds is 5. The van der Waals surface area contributed by atoms with Crippen LogP contribution in [0.1, 0.15) is 54.9 Å². The lowest BCUT2D eigenvalue weighted by Gasteiger charge is -2.44. The van der Waals surface area contributed by atoms with Crippen molar-refractivity contribution in [1.82, 2.24) is 0 Å². The van der Waals surface area contributed by atoms with Crippen LogP contribution in [0.3, 0.4) is 0 Å². The van der Waals surface area contributed by atoms with E-state index in [2.05, 4.69) is 34.1 Å². The number of hydrogen-bond donors (Lipinski definition) is 1. The summed E-state index contributed by atoms with van der Waals surface area (Å²) in [5, 5.41) is 10.5. The van der Waals surface area contributed by atoms with Crippen molar-refractivity contribution in [3.05, 3.63) is 116 Å². The topological polar surface area (TPSA) is 70.1 Å². The molecule has 1 unspecified atom stereocenters. The molecule has 210 valence electrons. The fourth-order valence-electron chi connectivity index (χ4n) is 5.83. The first kappa shape index (κ1) is 29.1. The Morgan fingerprint density at radius 2 is 1.78 bits per heavy atom. The molecule has 3 aromatic rings. The summed E-state index contributed by atoms with van der Waals surface area (Å²) in [4.78, 5) is 16.4. The van der Waals surface area contributed by atoms with Gasteiger partial charge in [0.15, 0.2) is 5.78 Å². The van der Waals surface area contributed by atoms with Crippen molar-refractivity contribution in [2.45, 2.75) is 57.1 Å². The molecule has 1 atom stereocenters. The molecule has 2 aliphatic rings. The average molecular weight is 635 g/mol. The van der Waals surface area contributed by atoms with Gasteiger partial charge in [0, 0.05) is 32.8 Å². The van der Waals surface area contributed by atoms with Crippen LogP contribution in [0.25, 0.3) is 0 Å². The van der Waals surface area contributed by atoms with Crippen molar-refractivity contribution < 1.29 is 13.6 Å². The number of aryl methyl sites for hydroxylation is 2. The fourth-order valence-corrected chi connectivity index (χ4v) is 7.13. The van der Waals surface area contributed by atoms with Crippen LogP contribution in [0.4, 0.5) is 14.5 Å². The maximum Gasteiger partial charge on any atom is 0.162 e. The van der Waals surface area contributed by atoms with E-state index in [0.29, 0.717) is 34.3 Å². The van der Waals surface area contributed by atoms with E-state index in [1.54, 1.807) is 40.9 Å². The Labute approximate surface area is 252 Å². The zero-order valence-corrected chi connectivity index (χ0v) is 25.7. The molecule has 3 aromatic carbocycles. The van der Waals surface area contributed by atoms with Crippen molar-refractivity contribution in [1.29, 1.82) is 5.26 Å². The lowest BCUT2D eigenvalue weighted by atomic mass is 9.68. The van der Waals surface area contributed by atoms with Gasteiger partial charge in [-0.1, -0.05) is 41.9 Å². The number of carbonyl (C=O) groups excluding carboxylic acids is 1. The summed E-state index contributed by atoms with van der Waals surface area (Å²) in [5.74, 6) is -0.760. The maximum absolute atomic E-state index is 15.4. The molecule has 0 saturated carbocycles. The molecule has 0 radical (unpaired) electrons. The number of ketones is 1. The molecule has 1 aliphatic carbocycles. The van der Waals surface area contributed by atoms with Crippen molar-refractivity contribution in [2.75, 3.05) is 4.90 Å². The Balaban J connectivity index is 1.67. The van der Waals surface area contributed by atoms with Gasteiger partial charge in [0.25, 0.3) is 0 Å². The van der Waals surface area contributed by atoms with E-state index < -0.39 is 11.7 Å². The molecule has 0 amide bonds. The number of thioether (sulfide) groups is 1. The fraction of sp³-hybridized carbons (Fsp3) is 0.273. The molecule has 0 fully saturated rings. The SMILES string of the molecule is Cc1cc(C)c(C2C(C#N)=C(N)N(c3ccc(Br)cc3F)C3=C2C(=O)CC(C)(C)C3)cc1CSc1ccc(F)cc1. The van der Waals surface area contributed by atoms with Gasteiger partial charge in [-0.3, -0.25) is 9.69 Å². The van der Waals surface area contributed by atoms with Gasteiger partial charge in [-0.25, -0.2) is 8.78 Å². The largest absolute Gasteiger partial charge is 0.384 e. The summed E-state index contributed by atoms with van der Waals surface area (Å²) in [6.45, 7) is 8.04. The van der Waals surface area contributed by atoms with Crippen molar-refractivity contribution in [2.24, 2.45) is 11.1 Å². The van der Waals surface area contributed by atoms with Crippen LogP contribution in [0, 0.1) is 42.2 Å². The summed E-state index contributed by atoms with van der Waals surface area (Å²) in [6.07, 6.45) is 0.813. The Hall–Kier alpha value is -3.41. The lowest BCUT2D eigenvalue weighted by molar-refractivity contribution is -0.118. The third-order valence-corrected chi connectivity index (χ3v) is 9.33. The minimum Gasteiger partial charge on any atom is -0.384 e. The van der Waals surface area contributed by atoms with Gasteiger partial charge in [-0.15, -0.1) is 11.8 Å². The molecule has 5 rings (SSSR count). The van der Waals surface area contributed by atoms with Gasteiger partial charge in [0.1, 0.15) is 17.5 Å². The van der Waals surface area contributed by atoms with E-state index in [9.17, 15) is 14.4 Å². The number of nitrogens with two attached hydrogens (primary N) is 1. The van der Waals surface area contributed by atoms with Crippen molar-refractivity contribution in [3.8, 4) is 6.07 Å². The lowest BCUT2D eigenvalue weighted by Crippen LogP contribution is -2.42. The zero-order chi connectivity index (χ0) is 29.6. The third-order valence-electron chi connectivity index (χ3n) is 7.78. The van der Waals surface area contributed by atoms with E-state index in [1.165, 1.54) is 18.2 Å². The smallest absolute Gasteiger partial charge is 0.162 e. The second kappa shape index (κ2) is 11.1. The first-order valence-corrected chi connectivity index (χ1v) is 15.1. The molecular formula is C33H30BrF2N3OS. The summed E-state index contributed by atoms with van der Waals surface area (Å²) in [5.41, 5.74) is 11.8. The van der Waals surface area contributed by atoms with E-state index in [4.69, 9.17) is 5.73 Å². The highest BCUT2D eigenvalue weighted by Gasteiger charge is 2.45. The molecule has 1 heterocycles. The van der Waals surface area contributed by atoms with Gasteiger partial charge >= 0.3 is 0 Å². The van der Waals surface area contributed by atoms with Crippen LogP contribution < -0.4 is 10.6 Å². The molecule has 0 spiro atoms. The Bertz CT molecular complexity index is 1670. The second-order valence-corrected chi connectivity index (χ2v) is 13.4. The number of hydrogen-bond acceptors (Lipinski definition) is 5. The quantitative estimate of drug-likeness (QED) is 0.285. The van der Waals surface area contributed by atoms with Crippen LogP contribution in [-0.4, -0.2) is 5.78 Å².